The van der Waals surface area contributed by atoms with Crippen LogP contribution in [0.15, 0.2) is 48.9 Å². The third kappa shape index (κ3) is 5.10. The van der Waals surface area contributed by atoms with Crippen LogP contribution in [0.1, 0.15) is 56.9 Å². The summed E-state index contributed by atoms with van der Waals surface area (Å²) >= 11 is 0. The molecular formula is C29H22F6N6O2. The normalized spacial score (nSPS) is 18.6. The second-order valence-electron chi connectivity index (χ2n) is 10.6. The molecule has 222 valence electrons. The van der Waals surface area contributed by atoms with Crippen LogP contribution < -0.4 is 11.1 Å². The molecule has 2 amide bonds. The number of nitrogens with zero attached hydrogens (tertiary/aromatic N) is 4. The third-order valence-electron chi connectivity index (χ3n) is 7.74. The number of rotatable bonds is 9. The van der Waals surface area contributed by atoms with Gasteiger partial charge < -0.3 is 11.1 Å². The molecule has 4 aromatic rings. The van der Waals surface area contributed by atoms with E-state index in [0.29, 0.717) is 6.07 Å². The first-order valence-corrected chi connectivity index (χ1v) is 13.2. The Morgan fingerprint density at radius 1 is 1.12 bits per heavy atom. The monoisotopic (exact) mass is 600 g/mol. The van der Waals surface area contributed by atoms with Gasteiger partial charge in [0.25, 0.3) is 11.8 Å². The Morgan fingerprint density at radius 3 is 2.56 bits per heavy atom. The minimum absolute atomic E-state index is 0.108. The molecule has 3 N–H and O–H groups in total. The number of amides is 2. The van der Waals surface area contributed by atoms with E-state index in [0.717, 1.165) is 29.2 Å². The first kappa shape index (κ1) is 28.4. The maximum absolute atomic E-state index is 15.0. The Balaban J connectivity index is 1.37. The number of carbonyl (C=O) groups excluding carboxylic acids is 2. The largest absolute Gasteiger partial charge is 0.366 e. The molecular weight excluding hydrogens is 578 g/mol. The summed E-state index contributed by atoms with van der Waals surface area (Å²) in [6.45, 7) is -1.77. The Kier molecular flexibility index (Phi) is 6.93. The van der Waals surface area contributed by atoms with Crippen LogP contribution in [0, 0.1) is 23.4 Å². The van der Waals surface area contributed by atoms with Crippen LogP contribution in [0.5, 0.6) is 0 Å². The van der Waals surface area contributed by atoms with Crippen molar-refractivity contribution in [1.82, 2.24) is 25.1 Å². The molecule has 2 aromatic heterocycles. The van der Waals surface area contributed by atoms with Gasteiger partial charge in [-0.15, -0.1) is 0 Å². The van der Waals surface area contributed by atoms with Crippen LogP contribution in [-0.4, -0.2) is 31.6 Å². The summed E-state index contributed by atoms with van der Waals surface area (Å²) < 4.78 is 86.8. The van der Waals surface area contributed by atoms with Gasteiger partial charge in [-0.25, -0.2) is 27.5 Å². The smallest absolute Gasteiger partial charge is 0.293 e. The first-order valence-electron chi connectivity index (χ1n) is 13.2. The van der Waals surface area contributed by atoms with Gasteiger partial charge in [-0.1, -0.05) is 6.07 Å². The molecule has 2 aliphatic rings. The molecule has 14 heteroatoms. The average Bonchev–Trinajstić information content (AvgIpc) is 3.61. The lowest BCUT2D eigenvalue weighted by Crippen LogP contribution is -2.35. The number of hydrogen-bond donors (Lipinski definition) is 2. The summed E-state index contributed by atoms with van der Waals surface area (Å²) in [4.78, 5) is 33.3. The van der Waals surface area contributed by atoms with Gasteiger partial charge in [0.2, 0.25) is 5.91 Å². The molecule has 1 fully saturated rings. The molecule has 2 aliphatic carbocycles. The lowest BCUT2D eigenvalue weighted by atomic mass is 9.95. The van der Waals surface area contributed by atoms with Crippen molar-refractivity contribution in [3.8, 4) is 11.1 Å². The van der Waals surface area contributed by atoms with Crippen LogP contribution >= 0.6 is 0 Å². The molecule has 43 heavy (non-hydrogen) atoms. The summed E-state index contributed by atoms with van der Waals surface area (Å²) in [6, 6.07) is 5.13. The highest BCUT2D eigenvalue weighted by Crippen LogP contribution is 2.67. The number of benzene rings is 2. The van der Waals surface area contributed by atoms with Crippen molar-refractivity contribution >= 4 is 11.8 Å². The van der Waals surface area contributed by atoms with Crippen molar-refractivity contribution < 1.29 is 35.9 Å². The molecule has 0 saturated heterocycles. The Hall–Kier alpha value is -4.75. The standard InChI is InChI=1S/C29H22F6N6O2/c30-9-23-25-17-8-20(17)29(34,35)27(25)41(40-23)11-24(42)39-22(5-13-3-15(31)7-16(32)4-13)26-19(10-37-12-38-26)14-1-2-21(33)18(6-14)28(36)43/h1-4,6-7,10,12,17,20,22H,5,8-9,11H2,(H2,36,43)(H,39,42)/t17?,20?,22-/m0/s1. The third-order valence-corrected chi connectivity index (χ3v) is 7.74. The minimum Gasteiger partial charge on any atom is -0.366 e. The maximum Gasteiger partial charge on any atom is 0.293 e. The van der Waals surface area contributed by atoms with Gasteiger partial charge in [0.1, 0.15) is 42.7 Å². The van der Waals surface area contributed by atoms with E-state index in [2.05, 4.69) is 20.4 Å². The van der Waals surface area contributed by atoms with Crippen molar-refractivity contribution in [2.45, 2.75) is 43.9 Å². The fraction of sp³-hybridized carbons (Fsp3) is 0.276. The molecule has 6 rings (SSSR count). The number of halogens is 6. The van der Waals surface area contributed by atoms with Gasteiger partial charge in [-0.2, -0.15) is 13.9 Å². The Morgan fingerprint density at radius 2 is 1.86 bits per heavy atom. The number of nitrogens with two attached hydrogens (primary N) is 1. The first-order chi connectivity index (χ1) is 20.5. The van der Waals surface area contributed by atoms with Crippen molar-refractivity contribution in [3.05, 3.63) is 100 Å². The summed E-state index contributed by atoms with van der Waals surface area (Å²) in [5.74, 6) is -9.22. The molecule has 1 saturated carbocycles. The van der Waals surface area contributed by atoms with Gasteiger partial charge in [0, 0.05) is 29.3 Å². The second-order valence-corrected chi connectivity index (χ2v) is 10.6. The van der Waals surface area contributed by atoms with E-state index in [1.807, 2.05) is 0 Å². The van der Waals surface area contributed by atoms with Gasteiger partial charge in [-0.3, -0.25) is 14.3 Å². The number of aromatic nitrogens is 4. The summed E-state index contributed by atoms with van der Waals surface area (Å²) in [5.41, 5.74) is 5.06. The fourth-order valence-corrected chi connectivity index (χ4v) is 5.85. The summed E-state index contributed by atoms with van der Waals surface area (Å²) in [6.07, 6.45) is 2.46. The minimum atomic E-state index is -3.28. The van der Waals surface area contributed by atoms with Gasteiger partial charge in [0.15, 0.2) is 0 Å². The SMILES string of the molecule is NC(=O)c1cc(-c2cncnc2[C@H](Cc2cc(F)cc(F)c2)NC(=O)Cn2nc(CF)c3c2C(F)(F)C2CC32)ccc1F. The van der Waals surface area contributed by atoms with Crippen molar-refractivity contribution in [1.29, 1.82) is 0 Å². The number of alkyl halides is 3. The maximum atomic E-state index is 15.0. The van der Waals surface area contributed by atoms with Crippen LogP contribution in [0.25, 0.3) is 11.1 Å². The zero-order valence-electron chi connectivity index (χ0n) is 22.1. The highest BCUT2D eigenvalue weighted by molar-refractivity contribution is 5.94. The van der Waals surface area contributed by atoms with E-state index >= 15 is 8.78 Å². The lowest BCUT2D eigenvalue weighted by Gasteiger charge is -2.22. The molecule has 0 bridgehead atoms. The summed E-state index contributed by atoms with van der Waals surface area (Å²) in [7, 11) is 0. The number of nitrogens with one attached hydrogen (secondary N) is 1. The highest BCUT2D eigenvalue weighted by Gasteiger charge is 2.66. The van der Waals surface area contributed by atoms with Gasteiger partial charge in [0.05, 0.1) is 23.0 Å². The molecule has 8 nitrogen and oxygen atoms in total. The molecule has 0 spiro atoms. The Labute approximate surface area is 239 Å². The predicted octanol–water partition coefficient (Wildman–Crippen LogP) is 4.63. The van der Waals surface area contributed by atoms with Crippen molar-refractivity contribution in [2.24, 2.45) is 11.7 Å². The zero-order valence-corrected chi connectivity index (χ0v) is 22.1. The molecule has 0 aliphatic heterocycles. The average molecular weight is 601 g/mol. The van der Waals surface area contributed by atoms with Crippen molar-refractivity contribution in [2.75, 3.05) is 0 Å². The lowest BCUT2D eigenvalue weighted by molar-refractivity contribution is -0.122. The molecule has 2 unspecified atom stereocenters. The molecule has 3 atom stereocenters. The zero-order chi connectivity index (χ0) is 30.6. The quantitative estimate of drug-likeness (QED) is 0.272. The fourth-order valence-electron chi connectivity index (χ4n) is 5.85. The molecule has 2 aromatic carbocycles. The van der Waals surface area contributed by atoms with E-state index < -0.39 is 77.5 Å². The number of hydrogen-bond acceptors (Lipinski definition) is 5. The second kappa shape index (κ2) is 10.5. The van der Waals surface area contributed by atoms with Crippen molar-refractivity contribution in [3.63, 3.8) is 0 Å². The van der Waals surface area contributed by atoms with Crippen LogP contribution in [-0.2, 0) is 30.4 Å². The number of carbonyl (C=O) groups is 2. The van der Waals surface area contributed by atoms with E-state index in [1.165, 1.54) is 18.3 Å². The van der Waals surface area contributed by atoms with Crippen LogP contribution in [0.3, 0.4) is 0 Å². The summed E-state index contributed by atoms with van der Waals surface area (Å²) in [5, 5.41) is 6.60. The van der Waals surface area contributed by atoms with Crippen LogP contribution in [0.2, 0.25) is 0 Å². The van der Waals surface area contributed by atoms with E-state index in [1.54, 1.807) is 0 Å². The number of primary amides is 1. The van der Waals surface area contributed by atoms with Gasteiger partial charge in [-0.05, 0) is 54.2 Å². The predicted molar refractivity (Wildman–Crippen MR) is 139 cm³/mol. The van der Waals surface area contributed by atoms with E-state index in [9.17, 15) is 27.2 Å². The van der Waals surface area contributed by atoms with Gasteiger partial charge >= 0.3 is 0 Å². The van der Waals surface area contributed by atoms with E-state index in [4.69, 9.17) is 5.73 Å². The highest BCUT2D eigenvalue weighted by atomic mass is 19.3. The molecule has 2 heterocycles. The molecule has 0 radical (unpaired) electrons. The topological polar surface area (TPSA) is 116 Å². The Bertz CT molecular complexity index is 1760. The van der Waals surface area contributed by atoms with Crippen LogP contribution in [0.4, 0.5) is 26.3 Å². The van der Waals surface area contributed by atoms with E-state index in [-0.39, 0.29) is 46.5 Å². The number of fused-ring (bicyclic) bond motifs is 3.